The van der Waals surface area contributed by atoms with Gasteiger partial charge in [-0.25, -0.2) is 4.68 Å². The fourth-order valence-corrected chi connectivity index (χ4v) is 2.90. The van der Waals surface area contributed by atoms with Crippen molar-refractivity contribution >= 4 is 5.91 Å². The van der Waals surface area contributed by atoms with Crippen LogP contribution in [0, 0.1) is 0 Å². The summed E-state index contributed by atoms with van der Waals surface area (Å²) in [7, 11) is 0. The van der Waals surface area contributed by atoms with Gasteiger partial charge in [0, 0.05) is 24.9 Å². The first-order chi connectivity index (χ1) is 10.7. The van der Waals surface area contributed by atoms with Crippen LogP contribution in [-0.2, 0) is 4.79 Å². The summed E-state index contributed by atoms with van der Waals surface area (Å²) in [6.07, 6.45) is 6.49. The number of aromatic nitrogens is 2. The molecule has 1 amide bonds. The van der Waals surface area contributed by atoms with Gasteiger partial charge in [-0.3, -0.25) is 4.79 Å². The zero-order valence-electron chi connectivity index (χ0n) is 12.8. The first-order valence-corrected chi connectivity index (χ1v) is 7.85. The van der Waals surface area contributed by atoms with Gasteiger partial charge in [-0.15, -0.1) is 0 Å². The van der Waals surface area contributed by atoms with Crippen molar-refractivity contribution in [3.63, 3.8) is 0 Å². The van der Waals surface area contributed by atoms with Gasteiger partial charge < -0.3 is 10.6 Å². The van der Waals surface area contributed by atoms with Gasteiger partial charge in [0.05, 0.1) is 11.7 Å². The SMILES string of the molecule is CC(NC(=O)CC1CCCN1)c1cccc(-n2cccn2)c1. The Morgan fingerprint density at radius 1 is 1.50 bits per heavy atom. The standard InChI is InChI=1S/C17H22N4O/c1-13(20-17(22)12-15-6-3-8-18-15)14-5-2-7-16(11-14)21-10-4-9-19-21/h2,4-5,7,9-11,13,15,18H,3,6,8,12H2,1H3,(H,20,22). The van der Waals surface area contributed by atoms with Crippen LogP contribution >= 0.6 is 0 Å². The molecule has 2 aromatic rings. The van der Waals surface area contributed by atoms with E-state index in [0.717, 1.165) is 24.2 Å². The van der Waals surface area contributed by atoms with E-state index < -0.39 is 0 Å². The number of benzene rings is 1. The molecule has 1 fully saturated rings. The molecule has 1 saturated heterocycles. The molecule has 0 radical (unpaired) electrons. The number of nitrogens with zero attached hydrogens (tertiary/aromatic N) is 2. The van der Waals surface area contributed by atoms with Gasteiger partial charge in [-0.05, 0) is 50.1 Å². The smallest absolute Gasteiger partial charge is 0.222 e. The van der Waals surface area contributed by atoms with Crippen LogP contribution in [0.1, 0.15) is 37.8 Å². The number of rotatable bonds is 5. The molecule has 0 bridgehead atoms. The maximum absolute atomic E-state index is 12.1. The van der Waals surface area contributed by atoms with E-state index in [0.29, 0.717) is 12.5 Å². The Kier molecular flexibility index (Phi) is 4.53. The molecule has 5 heteroatoms. The molecule has 1 aliphatic rings. The van der Waals surface area contributed by atoms with E-state index in [-0.39, 0.29) is 11.9 Å². The summed E-state index contributed by atoms with van der Waals surface area (Å²) >= 11 is 0. The molecule has 1 aromatic carbocycles. The average Bonchev–Trinajstić information content (AvgIpc) is 3.20. The second-order valence-electron chi connectivity index (χ2n) is 5.83. The lowest BCUT2D eigenvalue weighted by atomic mass is 10.1. The third-order valence-corrected chi connectivity index (χ3v) is 4.11. The van der Waals surface area contributed by atoms with Crippen molar-refractivity contribution in [3.05, 3.63) is 48.3 Å². The van der Waals surface area contributed by atoms with Crippen LogP contribution < -0.4 is 10.6 Å². The third-order valence-electron chi connectivity index (χ3n) is 4.11. The van der Waals surface area contributed by atoms with E-state index in [1.165, 1.54) is 6.42 Å². The van der Waals surface area contributed by atoms with Crippen molar-refractivity contribution in [1.82, 2.24) is 20.4 Å². The normalized spacial score (nSPS) is 19.0. The van der Waals surface area contributed by atoms with Crippen molar-refractivity contribution in [1.29, 1.82) is 0 Å². The van der Waals surface area contributed by atoms with Gasteiger partial charge in [0.2, 0.25) is 5.91 Å². The van der Waals surface area contributed by atoms with Crippen molar-refractivity contribution in [3.8, 4) is 5.69 Å². The summed E-state index contributed by atoms with van der Waals surface area (Å²) in [6, 6.07) is 10.3. The van der Waals surface area contributed by atoms with Crippen LogP contribution in [0.15, 0.2) is 42.7 Å². The number of hydrogen-bond donors (Lipinski definition) is 2. The molecule has 2 unspecified atom stereocenters. The topological polar surface area (TPSA) is 59.0 Å². The van der Waals surface area contributed by atoms with Crippen molar-refractivity contribution < 1.29 is 4.79 Å². The number of carbonyl (C=O) groups is 1. The highest BCUT2D eigenvalue weighted by atomic mass is 16.1. The van der Waals surface area contributed by atoms with Crippen molar-refractivity contribution in [2.75, 3.05) is 6.54 Å². The molecule has 0 spiro atoms. The Morgan fingerprint density at radius 3 is 3.14 bits per heavy atom. The highest BCUT2D eigenvalue weighted by Crippen LogP contribution is 2.17. The molecule has 2 heterocycles. The van der Waals surface area contributed by atoms with Crippen LogP contribution in [0.25, 0.3) is 5.69 Å². The number of hydrogen-bond acceptors (Lipinski definition) is 3. The van der Waals surface area contributed by atoms with Crippen molar-refractivity contribution in [2.45, 2.75) is 38.3 Å². The Labute approximate surface area is 130 Å². The summed E-state index contributed by atoms with van der Waals surface area (Å²) in [5.74, 6) is 0.108. The number of nitrogens with one attached hydrogen (secondary N) is 2. The lowest BCUT2D eigenvalue weighted by molar-refractivity contribution is -0.122. The van der Waals surface area contributed by atoms with E-state index in [4.69, 9.17) is 0 Å². The minimum absolute atomic E-state index is 0.00980. The maximum Gasteiger partial charge on any atom is 0.222 e. The second-order valence-corrected chi connectivity index (χ2v) is 5.83. The molecule has 116 valence electrons. The van der Waals surface area contributed by atoms with Crippen LogP contribution in [0.4, 0.5) is 0 Å². The zero-order chi connectivity index (χ0) is 15.4. The molecular formula is C17H22N4O. The Hall–Kier alpha value is -2.14. The molecule has 3 rings (SSSR count). The van der Waals surface area contributed by atoms with E-state index in [1.54, 1.807) is 6.20 Å². The van der Waals surface area contributed by atoms with Crippen molar-refractivity contribution in [2.24, 2.45) is 0 Å². The first kappa shape index (κ1) is 14.8. The predicted molar refractivity (Wildman–Crippen MR) is 85.8 cm³/mol. The fraction of sp³-hybridized carbons (Fsp3) is 0.412. The summed E-state index contributed by atoms with van der Waals surface area (Å²) in [6.45, 7) is 3.04. The first-order valence-electron chi connectivity index (χ1n) is 7.85. The van der Waals surface area contributed by atoms with Crippen LogP contribution in [-0.4, -0.2) is 28.3 Å². The molecule has 5 nitrogen and oxygen atoms in total. The monoisotopic (exact) mass is 298 g/mol. The summed E-state index contributed by atoms with van der Waals surface area (Å²) in [5.41, 5.74) is 2.08. The zero-order valence-corrected chi connectivity index (χ0v) is 12.8. The van der Waals surface area contributed by atoms with E-state index >= 15 is 0 Å². The molecule has 2 N–H and O–H groups in total. The van der Waals surface area contributed by atoms with Gasteiger partial charge >= 0.3 is 0 Å². The van der Waals surface area contributed by atoms with Gasteiger partial charge in [-0.2, -0.15) is 5.10 Å². The fourth-order valence-electron chi connectivity index (χ4n) is 2.90. The Morgan fingerprint density at radius 2 is 2.41 bits per heavy atom. The molecule has 1 aromatic heterocycles. The predicted octanol–water partition coefficient (Wildman–Crippen LogP) is 2.19. The lowest BCUT2D eigenvalue weighted by Crippen LogP contribution is -2.33. The summed E-state index contributed by atoms with van der Waals surface area (Å²) in [5, 5.41) is 10.7. The Balaban J connectivity index is 1.63. The average molecular weight is 298 g/mol. The molecular weight excluding hydrogens is 276 g/mol. The maximum atomic E-state index is 12.1. The quantitative estimate of drug-likeness (QED) is 0.889. The minimum atomic E-state index is -0.00980. The van der Waals surface area contributed by atoms with E-state index in [9.17, 15) is 4.79 Å². The number of amides is 1. The highest BCUT2D eigenvalue weighted by molar-refractivity contribution is 5.77. The molecule has 0 saturated carbocycles. The van der Waals surface area contributed by atoms with Gasteiger partial charge in [0.1, 0.15) is 0 Å². The largest absolute Gasteiger partial charge is 0.350 e. The van der Waals surface area contributed by atoms with E-state index in [2.05, 4.69) is 21.8 Å². The Bertz CT molecular complexity index is 617. The third kappa shape index (κ3) is 3.54. The van der Waals surface area contributed by atoms with Gasteiger partial charge in [-0.1, -0.05) is 12.1 Å². The van der Waals surface area contributed by atoms with Gasteiger partial charge in [0.15, 0.2) is 0 Å². The molecule has 22 heavy (non-hydrogen) atoms. The molecule has 0 aliphatic carbocycles. The van der Waals surface area contributed by atoms with Gasteiger partial charge in [0.25, 0.3) is 0 Å². The minimum Gasteiger partial charge on any atom is -0.350 e. The molecule has 1 aliphatic heterocycles. The van der Waals surface area contributed by atoms with Crippen LogP contribution in [0.5, 0.6) is 0 Å². The summed E-state index contributed by atoms with van der Waals surface area (Å²) < 4.78 is 1.82. The summed E-state index contributed by atoms with van der Waals surface area (Å²) in [4.78, 5) is 12.1. The number of carbonyl (C=O) groups excluding carboxylic acids is 1. The van der Waals surface area contributed by atoms with E-state index in [1.807, 2.05) is 42.1 Å². The van der Waals surface area contributed by atoms with Crippen LogP contribution in [0.2, 0.25) is 0 Å². The molecule has 2 atom stereocenters. The second kappa shape index (κ2) is 6.75. The highest BCUT2D eigenvalue weighted by Gasteiger charge is 2.19. The van der Waals surface area contributed by atoms with Crippen LogP contribution in [0.3, 0.4) is 0 Å². The lowest BCUT2D eigenvalue weighted by Gasteiger charge is -2.17.